The summed E-state index contributed by atoms with van der Waals surface area (Å²) in [6.07, 6.45) is 0.291. The highest BCUT2D eigenvalue weighted by Crippen LogP contribution is 2.41. The number of nitrogens with one attached hydrogen (secondary N) is 1. The number of aryl methyl sites for hydroxylation is 1. The van der Waals surface area contributed by atoms with Crippen LogP contribution in [0, 0.1) is 6.92 Å². The summed E-state index contributed by atoms with van der Waals surface area (Å²) < 4.78 is 16.2. The molecule has 0 fully saturated rings. The normalized spacial score (nSPS) is 18.7. The number of carbonyl (C=O) groups excluding carboxylic acids is 1. The SMILES string of the molecule is COc1cc(CC2(c3ccc(C)cc3)N=C(N)NC2=O)cc(OC)c1OC. The average molecular weight is 369 g/mol. The van der Waals surface area contributed by atoms with Gasteiger partial charge >= 0.3 is 0 Å². The molecule has 0 spiro atoms. The predicted octanol–water partition coefficient (Wildman–Crippen LogP) is 1.90. The Morgan fingerprint density at radius 1 is 1.04 bits per heavy atom. The molecule has 7 heteroatoms. The summed E-state index contributed by atoms with van der Waals surface area (Å²) in [5, 5.41) is 2.62. The Kier molecular flexibility index (Phi) is 4.94. The molecule has 142 valence electrons. The Balaban J connectivity index is 2.11. The highest BCUT2D eigenvalue weighted by atomic mass is 16.5. The maximum Gasteiger partial charge on any atom is 0.259 e. The largest absolute Gasteiger partial charge is 0.493 e. The minimum Gasteiger partial charge on any atom is -0.493 e. The van der Waals surface area contributed by atoms with E-state index in [9.17, 15) is 4.79 Å². The van der Waals surface area contributed by atoms with E-state index in [0.717, 1.165) is 16.7 Å². The zero-order valence-corrected chi connectivity index (χ0v) is 15.8. The highest BCUT2D eigenvalue weighted by Gasteiger charge is 2.45. The molecule has 2 aromatic carbocycles. The van der Waals surface area contributed by atoms with Gasteiger partial charge in [0.05, 0.1) is 21.3 Å². The number of rotatable bonds is 6. The van der Waals surface area contributed by atoms with E-state index in [1.54, 1.807) is 21.3 Å². The number of amides is 1. The zero-order chi connectivity index (χ0) is 19.6. The monoisotopic (exact) mass is 369 g/mol. The van der Waals surface area contributed by atoms with Crippen molar-refractivity contribution < 1.29 is 19.0 Å². The third kappa shape index (κ3) is 3.28. The summed E-state index contributed by atoms with van der Waals surface area (Å²) in [4.78, 5) is 17.3. The van der Waals surface area contributed by atoms with Crippen LogP contribution in [0.15, 0.2) is 41.4 Å². The first-order valence-electron chi connectivity index (χ1n) is 8.46. The summed E-state index contributed by atoms with van der Waals surface area (Å²) in [5.41, 5.74) is 7.34. The quantitative estimate of drug-likeness (QED) is 0.811. The zero-order valence-electron chi connectivity index (χ0n) is 15.8. The van der Waals surface area contributed by atoms with E-state index < -0.39 is 5.54 Å². The van der Waals surface area contributed by atoms with Crippen LogP contribution in [-0.4, -0.2) is 33.2 Å². The lowest BCUT2D eigenvalue weighted by molar-refractivity contribution is -0.124. The molecule has 0 saturated carbocycles. The van der Waals surface area contributed by atoms with Crippen molar-refractivity contribution in [2.24, 2.45) is 10.7 Å². The molecule has 0 radical (unpaired) electrons. The summed E-state index contributed by atoms with van der Waals surface area (Å²) >= 11 is 0. The van der Waals surface area contributed by atoms with E-state index >= 15 is 0 Å². The van der Waals surface area contributed by atoms with Gasteiger partial charge in [-0.3, -0.25) is 10.1 Å². The Morgan fingerprint density at radius 3 is 2.07 bits per heavy atom. The molecule has 1 aliphatic rings. The number of benzene rings is 2. The van der Waals surface area contributed by atoms with Gasteiger partial charge in [-0.2, -0.15) is 0 Å². The lowest BCUT2D eigenvalue weighted by Crippen LogP contribution is -2.40. The van der Waals surface area contributed by atoms with E-state index in [-0.39, 0.29) is 11.9 Å². The van der Waals surface area contributed by atoms with Crippen LogP contribution in [0.1, 0.15) is 16.7 Å². The first-order chi connectivity index (χ1) is 12.9. The fourth-order valence-corrected chi connectivity index (χ4v) is 3.28. The Hall–Kier alpha value is -3.22. The molecule has 1 amide bonds. The topological polar surface area (TPSA) is 95.2 Å². The minimum atomic E-state index is -1.15. The highest BCUT2D eigenvalue weighted by molar-refractivity contribution is 6.07. The van der Waals surface area contributed by atoms with Crippen LogP contribution in [0.4, 0.5) is 0 Å². The van der Waals surface area contributed by atoms with Crippen LogP contribution < -0.4 is 25.3 Å². The van der Waals surface area contributed by atoms with Crippen molar-refractivity contribution in [3.8, 4) is 17.2 Å². The molecule has 7 nitrogen and oxygen atoms in total. The van der Waals surface area contributed by atoms with Crippen LogP contribution in [0.3, 0.4) is 0 Å². The number of hydrogen-bond acceptors (Lipinski definition) is 6. The van der Waals surface area contributed by atoms with Crippen molar-refractivity contribution >= 4 is 11.9 Å². The molecule has 0 aromatic heterocycles. The second-order valence-corrected chi connectivity index (χ2v) is 6.39. The molecule has 3 rings (SSSR count). The van der Waals surface area contributed by atoms with Gasteiger partial charge in [0.1, 0.15) is 0 Å². The molecule has 0 aliphatic carbocycles. The van der Waals surface area contributed by atoms with E-state index in [0.29, 0.717) is 23.7 Å². The summed E-state index contributed by atoms with van der Waals surface area (Å²) in [6.45, 7) is 1.99. The standard InChI is InChI=1S/C20H23N3O4/c1-12-5-7-14(8-6-12)20(18(24)22-19(21)23-20)11-13-9-15(25-2)17(27-4)16(10-13)26-3/h5-10H,11H2,1-4H3,(H3,21,22,23,24). The number of methoxy groups -OCH3 is 3. The Bertz CT molecular complexity index is 868. The van der Waals surface area contributed by atoms with Crippen molar-refractivity contribution in [1.29, 1.82) is 0 Å². The molecule has 2 aromatic rings. The molecular weight excluding hydrogens is 346 g/mol. The minimum absolute atomic E-state index is 0.105. The van der Waals surface area contributed by atoms with Crippen molar-refractivity contribution in [2.45, 2.75) is 18.9 Å². The second-order valence-electron chi connectivity index (χ2n) is 6.39. The van der Waals surface area contributed by atoms with Crippen LogP contribution in [0.5, 0.6) is 17.2 Å². The van der Waals surface area contributed by atoms with Crippen LogP contribution in [0.25, 0.3) is 0 Å². The van der Waals surface area contributed by atoms with Crippen molar-refractivity contribution in [3.05, 3.63) is 53.1 Å². The van der Waals surface area contributed by atoms with Gasteiger partial charge in [0.2, 0.25) is 5.75 Å². The van der Waals surface area contributed by atoms with Gasteiger partial charge in [-0.25, -0.2) is 4.99 Å². The Morgan fingerprint density at radius 2 is 1.63 bits per heavy atom. The molecule has 0 saturated heterocycles. The predicted molar refractivity (Wildman–Crippen MR) is 102 cm³/mol. The van der Waals surface area contributed by atoms with Gasteiger partial charge < -0.3 is 19.9 Å². The van der Waals surface area contributed by atoms with E-state index in [4.69, 9.17) is 19.9 Å². The van der Waals surface area contributed by atoms with E-state index in [2.05, 4.69) is 10.3 Å². The molecule has 1 unspecified atom stereocenters. The number of ether oxygens (including phenoxy) is 3. The fourth-order valence-electron chi connectivity index (χ4n) is 3.28. The summed E-state index contributed by atoms with van der Waals surface area (Å²) in [6, 6.07) is 11.3. The van der Waals surface area contributed by atoms with Gasteiger partial charge in [0.25, 0.3) is 5.91 Å². The van der Waals surface area contributed by atoms with Crippen LogP contribution in [-0.2, 0) is 16.8 Å². The number of nitrogens with zero attached hydrogens (tertiary/aromatic N) is 1. The van der Waals surface area contributed by atoms with Gasteiger partial charge in [-0.15, -0.1) is 0 Å². The maximum absolute atomic E-state index is 12.8. The van der Waals surface area contributed by atoms with Gasteiger partial charge in [0.15, 0.2) is 23.0 Å². The van der Waals surface area contributed by atoms with E-state index in [1.165, 1.54) is 0 Å². The Labute approximate surface area is 158 Å². The summed E-state index contributed by atoms with van der Waals surface area (Å²) in [7, 11) is 4.65. The molecule has 1 aliphatic heterocycles. The summed E-state index contributed by atoms with van der Waals surface area (Å²) in [5.74, 6) is 1.36. The lowest BCUT2D eigenvalue weighted by atomic mass is 9.83. The molecular formula is C20H23N3O4. The number of nitrogens with two attached hydrogens (primary N) is 1. The van der Waals surface area contributed by atoms with E-state index in [1.807, 2.05) is 43.3 Å². The van der Waals surface area contributed by atoms with Crippen LogP contribution >= 0.6 is 0 Å². The molecule has 27 heavy (non-hydrogen) atoms. The maximum atomic E-state index is 12.8. The average Bonchev–Trinajstić information content (AvgIpc) is 2.95. The molecule has 0 bridgehead atoms. The molecule has 1 heterocycles. The van der Waals surface area contributed by atoms with Crippen molar-refractivity contribution in [2.75, 3.05) is 21.3 Å². The van der Waals surface area contributed by atoms with Crippen molar-refractivity contribution in [1.82, 2.24) is 5.32 Å². The number of carbonyl (C=O) groups is 1. The number of guanidine groups is 1. The van der Waals surface area contributed by atoms with Crippen LogP contribution in [0.2, 0.25) is 0 Å². The van der Waals surface area contributed by atoms with Gasteiger partial charge in [0, 0.05) is 6.42 Å². The fraction of sp³-hybridized carbons (Fsp3) is 0.300. The van der Waals surface area contributed by atoms with Crippen molar-refractivity contribution in [3.63, 3.8) is 0 Å². The number of aliphatic imine (C=N–C) groups is 1. The second kappa shape index (κ2) is 7.19. The van der Waals surface area contributed by atoms with Gasteiger partial charge in [-0.05, 0) is 30.2 Å². The lowest BCUT2D eigenvalue weighted by Gasteiger charge is -2.25. The number of hydrogen-bond donors (Lipinski definition) is 2. The molecule has 3 N–H and O–H groups in total. The third-order valence-electron chi connectivity index (χ3n) is 4.64. The first-order valence-corrected chi connectivity index (χ1v) is 8.46. The smallest absolute Gasteiger partial charge is 0.259 e. The van der Waals surface area contributed by atoms with Gasteiger partial charge in [-0.1, -0.05) is 29.8 Å². The first kappa shape index (κ1) is 18.6. The molecule has 1 atom stereocenters. The third-order valence-corrected chi connectivity index (χ3v) is 4.64.